The minimum Gasteiger partial charge on any atom is -0.488 e. The molecule has 1 aliphatic heterocycles. The smallest absolute Gasteiger partial charge is 0.218 e. The van der Waals surface area contributed by atoms with Crippen molar-refractivity contribution in [3.05, 3.63) is 53.2 Å². The standard InChI is InChI=1S/C25H34N4O3.HI/c1-18-9-10-19(23(14-18)31-22-11-13-30-17-22)15-28-25(26-2)29-16-20-6-5-12-27-24(20)32-21-7-3-4-8-21;/h5-6,9-10,12,14,21-22H,3-4,7-8,11,13,15-17H2,1-2H3,(H2,26,28,29);1H. The molecule has 1 aromatic carbocycles. The van der Waals surface area contributed by atoms with E-state index in [1.807, 2.05) is 12.1 Å². The fourth-order valence-electron chi connectivity index (χ4n) is 4.11. The van der Waals surface area contributed by atoms with Gasteiger partial charge in [0.1, 0.15) is 18.0 Å². The van der Waals surface area contributed by atoms with Crippen LogP contribution in [0.2, 0.25) is 0 Å². The van der Waals surface area contributed by atoms with E-state index in [0.29, 0.717) is 19.7 Å². The quantitative estimate of drug-likeness (QED) is 0.281. The summed E-state index contributed by atoms with van der Waals surface area (Å²) in [6, 6.07) is 10.3. The van der Waals surface area contributed by atoms with Crippen LogP contribution in [0.25, 0.3) is 0 Å². The molecule has 7 nitrogen and oxygen atoms in total. The molecule has 0 spiro atoms. The van der Waals surface area contributed by atoms with Crippen molar-refractivity contribution in [3.63, 3.8) is 0 Å². The number of aryl methyl sites for hydroxylation is 1. The molecule has 0 radical (unpaired) electrons. The minimum atomic E-state index is 0. The van der Waals surface area contributed by atoms with Crippen LogP contribution in [0.5, 0.6) is 11.6 Å². The van der Waals surface area contributed by atoms with Crippen LogP contribution in [0.15, 0.2) is 41.5 Å². The van der Waals surface area contributed by atoms with Gasteiger partial charge in [0.15, 0.2) is 5.96 Å². The predicted octanol–water partition coefficient (Wildman–Crippen LogP) is 4.36. The number of hydrogen-bond donors (Lipinski definition) is 2. The monoisotopic (exact) mass is 566 g/mol. The lowest BCUT2D eigenvalue weighted by Crippen LogP contribution is -2.36. The van der Waals surface area contributed by atoms with E-state index in [2.05, 4.69) is 45.7 Å². The van der Waals surface area contributed by atoms with Crippen molar-refractivity contribution < 1.29 is 14.2 Å². The van der Waals surface area contributed by atoms with E-state index in [4.69, 9.17) is 14.2 Å². The van der Waals surface area contributed by atoms with Crippen molar-refractivity contribution >= 4 is 29.9 Å². The maximum absolute atomic E-state index is 6.21. The molecule has 0 amide bonds. The molecule has 1 saturated heterocycles. The minimum absolute atomic E-state index is 0. The average molecular weight is 566 g/mol. The SMILES string of the molecule is CN=C(NCc1ccc(C)cc1OC1CCOC1)NCc1cccnc1OC1CCCC1.I. The van der Waals surface area contributed by atoms with Crippen LogP contribution < -0.4 is 20.1 Å². The van der Waals surface area contributed by atoms with Gasteiger partial charge in [-0.2, -0.15) is 0 Å². The van der Waals surface area contributed by atoms with Gasteiger partial charge in [0.05, 0.1) is 13.2 Å². The Bertz CT molecular complexity index is 912. The number of nitrogens with zero attached hydrogens (tertiary/aromatic N) is 2. The van der Waals surface area contributed by atoms with Crippen LogP contribution in [0.1, 0.15) is 48.8 Å². The third kappa shape index (κ3) is 7.46. The second-order valence-corrected chi connectivity index (χ2v) is 8.49. The number of pyridine rings is 1. The number of aliphatic imine (C=N–C) groups is 1. The Morgan fingerprint density at radius 3 is 2.58 bits per heavy atom. The zero-order valence-electron chi connectivity index (χ0n) is 19.5. The van der Waals surface area contributed by atoms with Gasteiger partial charge in [0, 0.05) is 43.9 Å². The Hall–Kier alpha value is -2.07. The first-order chi connectivity index (χ1) is 15.7. The Kier molecular flexibility index (Phi) is 10.1. The zero-order chi connectivity index (χ0) is 22.2. The van der Waals surface area contributed by atoms with Crippen LogP contribution in [0.4, 0.5) is 0 Å². The van der Waals surface area contributed by atoms with E-state index in [1.165, 1.54) is 18.4 Å². The van der Waals surface area contributed by atoms with Gasteiger partial charge < -0.3 is 24.8 Å². The molecule has 33 heavy (non-hydrogen) atoms. The molecule has 0 bridgehead atoms. The summed E-state index contributed by atoms with van der Waals surface area (Å²) in [5.74, 6) is 2.34. The van der Waals surface area contributed by atoms with Crippen LogP contribution in [0, 0.1) is 6.92 Å². The molecule has 1 saturated carbocycles. The van der Waals surface area contributed by atoms with E-state index in [9.17, 15) is 0 Å². The molecule has 8 heteroatoms. The number of rotatable bonds is 8. The number of ether oxygens (including phenoxy) is 3. The van der Waals surface area contributed by atoms with Gasteiger partial charge >= 0.3 is 0 Å². The lowest BCUT2D eigenvalue weighted by Gasteiger charge is -2.19. The molecular weight excluding hydrogens is 531 g/mol. The molecule has 1 aliphatic carbocycles. The van der Waals surface area contributed by atoms with E-state index >= 15 is 0 Å². The highest BCUT2D eigenvalue weighted by Gasteiger charge is 2.20. The van der Waals surface area contributed by atoms with E-state index < -0.39 is 0 Å². The number of halogens is 1. The summed E-state index contributed by atoms with van der Waals surface area (Å²) in [6.07, 6.45) is 7.82. The normalized spacial score (nSPS) is 18.6. The van der Waals surface area contributed by atoms with Crippen molar-refractivity contribution in [2.45, 2.75) is 64.3 Å². The van der Waals surface area contributed by atoms with Gasteiger partial charge in [0.25, 0.3) is 0 Å². The van der Waals surface area contributed by atoms with Gasteiger partial charge in [-0.3, -0.25) is 4.99 Å². The Labute approximate surface area is 213 Å². The van der Waals surface area contributed by atoms with Gasteiger partial charge in [0.2, 0.25) is 5.88 Å². The summed E-state index contributed by atoms with van der Waals surface area (Å²) < 4.78 is 17.8. The highest BCUT2D eigenvalue weighted by Crippen LogP contribution is 2.25. The third-order valence-electron chi connectivity index (χ3n) is 5.95. The lowest BCUT2D eigenvalue weighted by atomic mass is 10.1. The van der Waals surface area contributed by atoms with Crippen molar-refractivity contribution in [2.75, 3.05) is 20.3 Å². The highest BCUT2D eigenvalue weighted by molar-refractivity contribution is 14.0. The van der Waals surface area contributed by atoms with E-state index in [-0.39, 0.29) is 36.2 Å². The first-order valence-electron chi connectivity index (χ1n) is 11.6. The molecule has 180 valence electrons. The van der Waals surface area contributed by atoms with Crippen LogP contribution in [0.3, 0.4) is 0 Å². The fraction of sp³-hybridized carbons (Fsp3) is 0.520. The number of benzene rings is 1. The second-order valence-electron chi connectivity index (χ2n) is 8.49. The lowest BCUT2D eigenvalue weighted by molar-refractivity contribution is 0.140. The fourth-order valence-corrected chi connectivity index (χ4v) is 4.11. The molecule has 2 fully saturated rings. The van der Waals surface area contributed by atoms with Gasteiger partial charge in [-0.25, -0.2) is 4.98 Å². The summed E-state index contributed by atoms with van der Waals surface area (Å²) in [7, 11) is 1.77. The first-order valence-corrected chi connectivity index (χ1v) is 11.6. The van der Waals surface area contributed by atoms with Crippen LogP contribution >= 0.6 is 24.0 Å². The Morgan fingerprint density at radius 1 is 1.06 bits per heavy atom. The molecule has 1 unspecified atom stereocenters. The summed E-state index contributed by atoms with van der Waals surface area (Å²) in [6.45, 7) is 4.70. The predicted molar refractivity (Wildman–Crippen MR) is 141 cm³/mol. The largest absolute Gasteiger partial charge is 0.488 e. The van der Waals surface area contributed by atoms with Crippen LogP contribution in [-0.4, -0.2) is 43.4 Å². The van der Waals surface area contributed by atoms with Crippen molar-refractivity contribution in [3.8, 4) is 11.6 Å². The van der Waals surface area contributed by atoms with Gasteiger partial charge in [-0.05, 0) is 50.3 Å². The zero-order valence-corrected chi connectivity index (χ0v) is 21.8. The second kappa shape index (κ2) is 13.0. The molecule has 2 N–H and O–H groups in total. The number of nitrogens with one attached hydrogen (secondary N) is 2. The number of hydrogen-bond acceptors (Lipinski definition) is 5. The summed E-state index contributed by atoms with van der Waals surface area (Å²) in [4.78, 5) is 8.83. The highest BCUT2D eigenvalue weighted by atomic mass is 127. The maximum atomic E-state index is 6.21. The molecule has 1 aromatic heterocycles. The summed E-state index contributed by atoms with van der Waals surface area (Å²) in [5, 5.41) is 6.78. The Balaban J connectivity index is 0.00000306. The van der Waals surface area contributed by atoms with E-state index in [1.54, 1.807) is 13.2 Å². The summed E-state index contributed by atoms with van der Waals surface area (Å²) in [5.41, 5.74) is 3.30. The molecule has 2 heterocycles. The number of aromatic nitrogens is 1. The van der Waals surface area contributed by atoms with Gasteiger partial charge in [-0.1, -0.05) is 18.2 Å². The molecule has 4 rings (SSSR count). The molecule has 2 aromatic rings. The Morgan fingerprint density at radius 2 is 1.85 bits per heavy atom. The molecule has 2 aliphatic rings. The van der Waals surface area contributed by atoms with E-state index in [0.717, 1.165) is 54.6 Å². The van der Waals surface area contributed by atoms with Gasteiger partial charge in [-0.15, -0.1) is 24.0 Å². The van der Waals surface area contributed by atoms with Crippen molar-refractivity contribution in [2.24, 2.45) is 4.99 Å². The van der Waals surface area contributed by atoms with Crippen molar-refractivity contribution in [1.82, 2.24) is 15.6 Å². The molecular formula is C25H35IN4O3. The number of guanidine groups is 1. The molecule has 1 atom stereocenters. The first kappa shape index (κ1) is 25.6. The summed E-state index contributed by atoms with van der Waals surface area (Å²) >= 11 is 0. The maximum Gasteiger partial charge on any atom is 0.218 e. The van der Waals surface area contributed by atoms with Crippen molar-refractivity contribution in [1.29, 1.82) is 0 Å². The average Bonchev–Trinajstić information content (AvgIpc) is 3.50. The third-order valence-corrected chi connectivity index (χ3v) is 5.95. The topological polar surface area (TPSA) is 77.0 Å². The van der Waals surface area contributed by atoms with Crippen LogP contribution in [-0.2, 0) is 17.8 Å².